The predicted molar refractivity (Wildman–Crippen MR) is 61.0 cm³/mol. The molecule has 1 nitrogen and oxygen atoms in total. The average molecular weight is 203 g/mol. The van der Waals surface area contributed by atoms with E-state index in [-0.39, 0.29) is 0 Å². The minimum Gasteiger partial charge on any atom is -0.269 e. The molecule has 1 heterocycles. The van der Waals surface area contributed by atoms with Gasteiger partial charge in [-0.05, 0) is 26.2 Å². The number of thioether (sulfide) groups is 2. The zero-order chi connectivity index (χ0) is 9.14. The van der Waals surface area contributed by atoms with Crippen LogP contribution in [0, 0.1) is 5.92 Å². The lowest BCUT2D eigenvalue weighted by Crippen LogP contribution is -2.13. The lowest BCUT2D eigenvalue weighted by molar-refractivity contribution is 0.686. The SMILES string of the molecule is CC(C)CC1=N[C@@H](C)S[C@H](C)S1. The van der Waals surface area contributed by atoms with Crippen LogP contribution in [0.15, 0.2) is 4.99 Å². The molecule has 2 atom stereocenters. The fourth-order valence-corrected chi connectivity index (χ4v) is 4.09. The Morgan fingerprint density at radius 3 is 2.58 bits per heavy atom. The molecule has 0 saturated carbocycles. The summed E-state index contributed by atoms with van der Waals surface area (Å²) >= 11 is 3.88. The van der Waals surface area contributed by atoms with E-state index < -0.39 is 0 Å². The Bertz CT molecular complexity index is 177. The smallest absolute Gasteiger partial charge is 0.0943 e. The molecule has 70 valence electrons. The average Bonchev–Trinajstić information content (AvgIpc) is 1.81. The highest BCUT2D eigenvalue weighted by Crippen LogP contribution is 2.35. The van der Waals surface area contributed by atoms with Crippen molar-refractivity contribution in [1.82, 2.24) is 0 Å². The minimum atomic E-state index is 0.468. The van der Waals surface area contributed by atoms with Gasteiger partial charge in [0, 0.05) is 0 Å². The second-order valence-corrected chi connectivity index (χ2v) is 6.92. The summed E-state index contributed by atoms with van der Waals surface area (Å²) in [4.78, 5) is 4.62. The molecule has 1 aliphatic rings. The first kappa shape index (κ1) is 10.5. The van der Waals surface area contributed by atoms with Gasteiger partial charge in [-0.1, -0.05) is 25.6 Å². The number of hydrogen-bond acceptors (Lipinski definition) is 3. The van der Waals surface area contributed by atoms with E-state index in [9.17, 15) is 0 Å². The standard InChI is InChI=1S/C9H17NS2/c1-6(2)5-9-10-7(3)11-8(4)12-9/h6-8H,5H2,1-4H3/t7-,8+/m1/s1. The normalized spacial score (nSPS) is 30.6. The summed E-state index contributed by atoms with van der Waals surface area (Å²) in [6.07, 6.45) is 1.15. The maximum atomic E-state index is 4.62. The van der Waals surface area contributed by atoms with Crippen molar-refractivity contribution >= 4 is 28.6 Å². The first-order valence-electron chi connectivity index (χ1n) is 4.46. The molecule has 1 rings (SSSR count). The van der Waals surface area contributed by atoms with E-state index in [1.54, 1.807) is 0 Å². The van der Waals surface area contributed by atoms with E-state index in [1.165, 1.54) is 5.04 Å². The Morgan fingerprint density at radius 1 is 1.42 bits per heavy atom. The molecule has 0 radical (unpaired) electrons. The van der Waals surface area contributed by atoms with Crippen LogP contribution in [0.25, 0.3) is 0 Å². The number of nitrogens with zero attached hydrogens (tertiary/aromatic N) is 1. The van der Waals surface area contributed by atoms with Crippen molar-refractivity contribution in [1.29, 1.82) is 0 Å². The lowest BCUT2D eigenvalue weighted by Gasteiger charge is -2.22. The summed E-state index contributed by atoms with van der Waals surface area (Å²) in [6.45, 7) is 8.95. The van der Waals surface area contributed by atoms with Crippen molar-refractivity contribution in [3.63, 3.8) is 0 Å². The number of aliphatic imine (C=N–C) groups is 1. The van der Waals surface area contributed by atoms with Crippen molar-refractivity contribution in [3.05, 3.63) is 0 Å². The van der Waals surface area contributed by atoms with Crippen LogP contribution in [0.2, 0.25) is 0 Å². The molecule has 12 heavy (non-hydrogen) atoms. The third-order valence-electron chi connectivity index (χ3n) is 1.60. The monoisotopic (exact) mass is 203 g/mol. The van der Waals surface area contributed by atoms with Crippen molar-refractivity contribution in [2.24, 2.45) is 10.9 Å². The van der Waals surface area contributed by atoms with Crippen LogP contribution in [-0.2, 0) is 0 Å². The van der Waals surface area contributed by atoms with Gasteiger partial charge < -0.3 is 0 Å². The van der Waals surface area contributed by atoms with E-state index in [0.29, 0.717) is 9.96 Å². The second-order valence-electron chi connectivity index (χ2n) is 3.54. The van der Waals surface area contributed by atoms with Crippen molar-refractivity contribution < 1.29 is 0 Å². The van der Waals surface area contributed by atoms with E-state index in [4.69, 9.17) is 0 Å². The summed E-state index contributed by atoms with van der Waals surface area (Å²) in [6, 6.07) is 0. The topological polar surface area (TPSA) is 12.4 Å². The molecule has 0 aromatic rings. The van der Waals surface area contributed by atoms with Crippen LogP contribution < -0.4 is 0 Å². The lowest BCUT2D eigenvalue weighted by atomic mass is 10.1. The van der Waals surface area contributed by atoms with Crippen LogP contribution >= 0.6 is 23.5 Å². The van der Waals surface area contributed by atoms with Crippen LogP contribution in [0.4, 0.5) is 0 Å². The molecule has 0 N–H and O–H groups in total. The molecule has 0 saturated heterocycles. The van der Waals surface area contributed by atoms with Crippen molar-refractivity contribution in [3.8, 4) is 0 Å². The quantitative estimate of drug-likeness (QED) is 0.680. The highest BCUT2D eigenvalue weighted by molar-refractivity contribution is 8.25. The van der Waals surface area contributed by atoms with E-state index in [2.05, 4.69) is 32.7 Å². The van der Waals surface area contributed by atoms with Gasteiger partial charge in [0.2, 0.25) is 0 Å². The zero-order valence-electron chi connectivity index (χ0n) is 8.20. The molecule has 0 bridgehead atoms. The molecule has 0 unspecified atom stereocenters. The summed E-state index contributed by atoms with van der Waals surface area (Å²) in [5.41, 5.74) is 0. The van der Waals surface area contributed by atoms with Crippen LogP contribution in [0.3, 0.4) is 0 Å². The third-order valence-corrected chi connectivity index (χ3v) is 3.98. The zero-order valence-corrected chi connectivity index (χ0v) is 9.84. The Kier molecular flexibility index (Phi) is 3.97. The van der Waals surface area contributed by atoms with Gasteiger partial charge >= 0.3 is 0 Å². The largest absolute Gasteiger partial charge is 0.269 e. The second kappa shape index (κ2) is 4.56. The first-order valence-corrected chi connectivity index (χ1v) is 6.29. The molecule has 3 heteroatoms. The summed E-state index contributed by atoms with van der Waals surface area (Å²) in [7, 11) is 0. The molecule has 0 fully saturated rings. The molecule has 0 aliphatic carbocycles. The minimum absolute atomic E-state index is 0.468. The Morgan fingerprint density at radius 2 is 2.08 bits per heavy atom. The number of rotatable bonds is 2. The van der Waals surface area contributed by atoms with Crippen LogP contribution in [0.1, 0.15) is 34.1 Å². The number of hydrogen-bond donors (Lipinski definition) is 0. The molecule has 0 amide bonds. The molecular formula is C9H17NS2. The Labute approximate surface area is 83.8 Å². The molecule has 0 spiro atoms. The van der Waals surface area contributed by atoms with E-state index >= 15 is 0 Å². The summed E-state index contributed by atoms with van der Waals surface area (Å²) < 4.78 is 0.686. The predicted octanol–water partition coefficient (Wildman–Crippen LogP) is 3.60. The van der Waals surface area contributed by atoms with Crippen molar-refractivity contribution in [2.75, 3.05) is 0 Å². The Hall–Kier alpha value is 0.370. The van der Waals surface area contributed by atoms with Crippen LogP contribution in [-0.4, -0.2) is 15.0 Å². The Balaban J connectivity index is 2.51. The highest BCUT2D eigenvalue weighted by Gasteiger charge is 2.18. The fraction of sp³-hybridized carbons (Fsp3) is 0.889. The first-order chi connectivity index (χ1) is 5.58. The molecule has 0 aromatic heterocycles. The summed E-state index contributed by atoms with van der Waals surface area (Å²) in [5.74, 6) is 0.735. The summed E-state index contributed by atoms with van der Waals surface area (Å²) in [5, 5.41) is 1.82. The van der Waals surface area contributed by atoms with Gasteiger partial charge in [-0.15, -0.1) is 11.8 Å². The maximum absolute atomic E-state index is 4.62. The van der Waals surface area contributed by atoms with Gasteiger partial charge in [0.1, 0.15) is 0 Å². The van der Waals surface area contributed by atoms with Gasteiger partial charge in [-0.2, -0.15) is 0 Å². The maximum Gasteiger partial charge on any atom is 0.0943 e. The van der Waals surface area contributed by atoms with Crippen molar-refractivity contribution in [2.45, 2.75) is 44.1 Å². The van der Waals surface area contributed by atoms with Gasteiger partial charge in [0.25, 0.3) is 0 Å². The van der Waals surface area contributed by atoms with Gasteiger partial charge in [0.15, 0.2) is 0 Å². The highest BCUT2D eigenvalue weighted by atomic mass is 32.2. The molecule has 0 aromatic carbocycles. The molecule has 1 aliphatic heterocycles. The van der Waals surface area contributed by atoms with E-state index in [1.807, 2.05) is 23.5 Å². The van der Waals surface area contributed by atoms with Gasteiger partial charge in [-0.25, -0.2) is 0 Å². The van der Waals surface area contributed by atoms with Gasteiger partial charge in [0.05, 0.1) is 15.0 Å². The molecular weight excluding hydrogens is 186 g/mol. The fourth-order valence-electron chi connectivity index (χ4n) is 1.21. The van der Waals surface area contributed by atoms with E-state index in [0.717, 1.165) is 12.3 Å². The third kappa shape index (κ3) is 3.40. The van der Waals surface area contributed by atoms with Gasteiger partial charge in [-0.3, -0.25) is 4.99 Å². The van der Waals surface area contributed by atoms with Crippen LogP contribution in [0.5, 0.6) is 0 Å².